The SMILES string of the molecule is CCOC(=O)c1cc(C)c2n1CCc1cc(OC)c(OC)cc1-2. The van der Waals surface area contributed by atoms with Gasteiger partial charge in [0, 0.05) is 12.1 Å². The summed E-state index contributed by atoms with van der Waals surface area (Å²) in [7, 11) is 3.27. The number of fused-ring (bicyclic) bond motifs is 3. The predicted molar refractivity (Wildman–Crippen MR) is 87.4 cm³/mol. The van der Waals surface area contributed by atoms with E-state index in [9.17, 15) is 4.79 Å². The maximum Gasteiger partial charge on any atom is 0.354 e. The minimum Gasteiger partial charge on any atom is -0.493 e. The van der Waals surface area contributed by atoms with Crippen molar-refractivity contribution in [3.63, 3.8) is 0 Å². The van der Waals surface area contributed by atoms with Crippen LogP contribution in [0.15, 0.2) is 18.2 Å². The van der Waals surface area contributed by atoms with Crippen LogP contribution < -0.4 is 9.47 Å². The van der Waals surface area contributed by atoms with Crippen LogP contribution in [-0.4, -0.2) is 31.4 Å². The summed E-state index contributed by atoms with van der Waals surface area (Å²) in [5.41, 5.74) is 5.00. The molecule has 0 bridgehead atoms. The predicted octanol–water partition coefficient (Wildman–Crippen LogP) is 3.21. The van der Waals surface area contributed by atoms with E-state index >= 15 is 0 Å². The Morgan fingerprint density at radius 2 is 1.87 bits per heavy atom. The lowest BCUT2D eigenvalue weighted by molar-refractivity contribution is 0.0514. The normalized spacial score (nSPS) is 12.3. The molecule has 5 nitrogen and oxygen atoms in total. The number of benzene rings is 1. The number of carbonyl (C=O) groups excluding carboxylic acids is 1. The van der Waals surface area contributed by atoms with Crippen molar-refractivity contribution in [1.82, 2.24) is 4.57 Å². The average molecular weight is 315 g/mol. The van der Waals surface area contributed by atoms with Crippen LogP contribution in [0.1, 0.15) is 28.5 Å². The molecule has 122 valence electrons. The number of aromatic nitrogens is 1. The fourth-order valence-corrected chi connectivity index (χ4v) is 3.23. The van der Waals surface area contributed by atoms with Gasteiger partial charge in [0.2, 0.25) is 0 Å². The molecule has 0 radical (unpaired) electrons. The van der Waals surface area contributed by atoms with E-state index in [0.29, 0.717) is 18.1 Å². The first kappa shape index (κ1) is 15.5. The fraction of sp³-hybridized carbons (Fsp3) is 0.389. The summed E-state index contributed by atoms with van der Waals surface area (Å²) in [5.74, 6) is 1.15. The molecule has 1 aliphatic rings. The maximum absolute atomic E-state index is 12.2. The molecule has 1 aliphatic heterocycles. The second-order valence-corrected chi connectivity index (χ2v) is 5.55. The van der Waals surface area contributed by atoms with Crippen molar-refractivity contribution in [1.29, 1.82) is 0 Å². The van der Waals surface area contributed by atoms with E-state index in [1.54, 1.807) is 14.2 Å². The first-order valence-corrected chi connectivity index (χ1v) is 7.73. The summed E-state index contributed by atoms with van der Waals surface area (Å²) in [4.78, 5) is 12.2. The quantitative estimate of drug-likeness (QED) is 0.813. The van der Waals surface area contributed by atoms with Crippen molar-refractivity contribution in [3.8, 4) is 22.8 Å². The van der Waals surface area contributed by atoms with Crippen molar-refractivity contribution < 1.29 is 19.0 Å². The second kappa shape index (κ2) is 5.99. The third-order valence-electron chi connectivity index (χ3n) is 4.24. The van der Waals surface area contributed by atoms with Crippen LogP contribution in [0.25, 0.3) is 11.3 Å². The van der Waals surface area contributed by atoms with Crippen LogP contribution in [0.4, 0.5) is 0 Å². The number of rotatable bonds is 4. The monoisotopic (exact) mass is 315 g/mol. The molecule has 23 heavy (non-hydrogen) atoms. The van der Waals surface area contributed by atoms with Gasteiger partial charge in [-0.25, -0.2) is 4.79 Å². The van der Waals surface area contributed by atoms with Gasteiger partial charge in [0.05, 0.1) is 26.5 Å². The molecule has 1 aromatic heterocycles. The van der Waals surface area contributed by atoms with Crippen LogP contribution in [0.3, 0.4) is 0 Å². The zero-order valence-corrected chi connectivity index (χ0v) is 13.9. The maximum atomic E-state index is 12.2. The van der Waals surface area contributed by atoms with Crippen LogP contribution in [0, 0.1) is 6.92 Å². The highest BCUT2D eigenvalue weighted by molar-refractivity contribution is 5.90. The van der Waals surface area contributed by atoms with Crippen molar-refractivity contribution >= 4 is 5.97 Å². The van der Waals surface area contributed by atoms with E-state index < -0.39 is 0 Å². The average Bonchev–Trinajstić information content (AvgIpc) is 2.91. The number of esters is 1. The van der Waals surface area contributed by atoms with Crippen molar-refractivity contribution in [2.45, 2.75) is 26.8 Å². The van der Waals surface area contributed by atoms with Crippen molar-refractivity contribution in [2.75, 3.05) is 20.8 Å². The van der Waals surface area contributed by atoms with Gasteiger partial charge >= 0.3 is 5.97 Å². The van der Waals surface area contributed by atoms with Gasteiger partial charge in [-0.15, -0.1) is 0 Å². The third-order valence-corrected chi connectivity index (χ3v) is 4.24. The number of carbonyl (C=O) groups is 1. The molecule has 0 atom stereocenters. The van der Waals surface area contributed by atoms with Gasteiger partial charge in [-0.1, -0.05) is 0 Å². The van der Waals surface area contributed by atoms with E-state index in [4.69, 9.17) is 14.2 Å². The second-order valence-electron chi connectivity index (χ2n) is 5.55. The molecule has 0 N–H and O–H groups in total. The van der Waals surface area contributed by atoms with Gasteiger partial charge in [-0.3, -0.25) is 0 Å². The highest BCUT2D eigenvalue weighted by Crippen LogP contribution is 2.40. The molecule has 0 unspecified atom stereocenters. The zero-order valence-electron chi connectivity index (χ0n) is 13.9. The highest BCUT2D eigenvalue weighted by atomic mass is 16.5. The van der Waals surface area contributed by atoms with Gasteiger partial charge in [-0.2, -0.15) is 0 Å². The van der Waals surface area contributed by atoms with Crippen LogP contribution >= 0.6 is 0 Å². The van der Waals surface area contributed by atoms with E-state index in [0.717, 1.165) is 35.5 Å². The number of methoxy groups -OCH3 is 2. The topological polar surface area (TPSA) is 49.7 Å². The zero-order chi connectivity index (χ0) is 16.6. The highest BCUT2D eigenvalue weighted by Gasteiger charge is 2.26. The standard InChI is InChI=1S/C18H21NO4/c1-5-23-18(20)14-8-11(2)17-13-10-16(22-4)15(21-3)9-12(13)6-7-19(14)17/h8-10H,5-7H2,1-4H3. The van der Waals surface area contributed by atoms with E-state index in [-0.39, 0.29) is 5.97 Å². The molecule has 0 saturated carbocycles. The summed E-state index contributed by atoms with van der Waals surface area (Å²) < 4.78 is 18.0. The third kappa shape index (κ3) is 2.46. The minimum absolute atomic E-state index is 0.272. The van der Waals surface area contributed by atoms with Gasteiger partial charge < -0.3 is 18.8 Å². The Morgan fingerprint density at radius 1 is 1.17 bits per heavy atom. The largest absolute Gasteiger partial charge is 0.493 e. The number of nitrogens with zero attached hydrogens (tertiary/aromatic N) is 1. The van der Waals surface area contributed by atoms with Gasteiger partial charge in [0.15, 0.2) is 11.5 Å². The van der Waals surface area contributed by atoms with Gasteiger partial charge in [0.1, 0.15) is 5.69 Å². The summed E-state index contributed by atoms with van der Waals surface area (Å²) in [5, 5.41) is 0. The molecule has 0 aliphatic carbocycles. The molecule has 1 aromatic carbocycles. The summed E-state index contributed by atoms with van der Waals surface area (Å²) in [6.45, 7) is 4.96. The molecule has 0 fully saturated rings. The lowest BCUT2D eigenvalue weighted by Gasteiger charge is -2.23. The lowest BCUT2D eigenvalue weighted by Crippen LogP contribution is -2.17. The van der Waals surface area contributed by atoms with Crippen LogP contribution in [-0.2, 0) is 17.7 Å². The Labute approximate surface area is 135 Å². The Balaban J connectivity index is 2.16. The number of hydrogen-bond donors (Lipinski definition) is 0. The number of ether oxygens (including phenoxy) is 3. The van der Waals surface area contributed by atoms with E-state index in [1.165, 1.54) is 5.56 Å². The van der Waals surface area contributed by atoms with Gasteiger partial charge in [-0.05, 0) is 49.6 Å². The Morgan fingerprint density at radius 3 is 2.52 bits per heavy atom. The molecular weight excluding hydrogens is 294 g/mol. The molecular formula is C18H21NO4. The van der Waals surface area contributed by atoms with Crippen molar-refractivity contribution in [2.24, 2.45) is 0 Å². The summed E-state index contributed by atoms with van der Waals surface area (Å²) in [6.07, 6.45) is 0.837. The Hall–Kier alpha value is -2.43. The first-order valence-electron chi connectivity index (χ1n) is 7.73. The lowest BCUT2D eigenvalue weighted by atomic mass is 9.96. The molecule has 0 spiro atoms. The minimum atomic E-state index is -0.272. The number of hydrogen-bond acceptors (Lipinski definition) is 4. The van der Waals surface area contributed by atoms with Crippen molar-refractivity contribution in [3.05, 3.63) is 35.0 Å². The molecule has 5 heteroatoms. The smallest absolute Gasteiger partial charge is 0.354 e. The Kier molecular flexibility index (Phi) is 4.03. The first-order chi connectivity index (χ1) is 11.1. The number of aryl methyl sites for hydroxylation is 2. The molecule has 3 rings (SSSR count). The summed E-state index contributed by atoms with van der Waals surface area (Å²) >= 11 is 0. The van der Waals surface area contributed by atoms with Crippen LogP contribution in [0.2, 0.25) is 0 Å². The fourth-order valence-electron chi connectivity index (χ4n) is 3.23. The molecule has 2 heterocycles. The van der Waals surface area contributed by atoms with E-state index in [1.807, 2.05) is 36.6 Å². The van der Waals surface area contributed by atoms with Crippen LogP contribution in [0.5, 0.6) is 11.5 Å². The van der Waals surface area contributed by atoms with Gasteiger partial charge in [0.25, 0.3) is 0 Å². The Bertz CT molecular complexity index is 761. The molecule has 0 saturated heterocycles. The van der Waals surface area contributed by atoms with E-state index in [2.05, 4.69) is 0 Å². The summed E-state index contributed by atoms with van der Waals surface area (Å²) in [6, 6.07) is 5.91. The molecule has 2 aromatic rings. The molecule has 0 amide bonds.